The van der Waals surface area contributed by atoms with Gasteiger partial charge in [-0.15, -0.1) is 0 Å². The maximum Gasteiger partial charge on any atom is 0.163 e. The van der Waals surface area contributed by atoms with Crippen molar-refractivity contribution in [3.8, 4) is 11.5 Å². The first-order valence-corrected chi connectivity index (χ1v) is 7.90. The molecule has 0 aromatic heterocycles. The van der Waals surface area contributed by atoms with Crippen LogP contribution in [-0.2, 0) is 4.74 Å². The lowest BCUT2D eigenvalue weighted by atomic mass is 10.0. The van der Waals surface area contributed by atoms with E-state index in [1.807, 2.05) is 26.0 Å². The molecule has 0 aliphatic carbocycles. The van der Waals surface area contributed by atoms with E-state index in [1.54, 1.807) is 7.11 Å². The molecular formula is C17H25NO3. The van der Waals surface area contributed by atoms with Crippen LogP contribution in [-0.4, -0.2) is 31.5 Å². The van der Waals surface area contributed by atoms with Gasteiger partial charge in [0.1, 0.15) is 0 Å². The third-order valence-corrected chi connectivity index (χ3v) is 4.19. The van der Waals surface area contributed by atoms with Crippen LogP contribution in [0.2, 0.25) is 0 Å². The largest absolute Gasteiger partial charge is 0.493 e. The number of hydrogen-bond acceptors (Lipinski definition) is 4. The lowest BCUT2D eigenvalue weighted by molar-refractivity contribution is 0.000703. The highest BCUT2D eigenvalue weighted by molar-refractivity contribution is 5.55. The van der Waals surface area contributed by atoms with Crippen LogP contribution in [0.4, 0.5) is 5.69 Å². The second kappa shape index (κ2) is 6.14. The molecular weight excluding hydrogens is 266 g/mol. The Morgan fingerprint density at radius 2 is 1.86 bits per heavy atom. The van der Waals surface area contributed by atoms with E-state index in [0.717, 1.165) is 30.0 Å². The Balaban J connectivity index is 1.70. The van der Waals surface area contributed by atoms with Crippen molar-refractivity contribution in [2.24, 2.45) is 0 Å². The number of rotatable bonds is 5. The van der Waals surface area contributed by atoms with E-state index in [2.05, 4.69) is 11.4 Å². The van der Waals surface area contributed by atoms with Crippen molar-refractivity contribution in [3.63, 3.8) is 0 Å². The number of fused-ring (bicyclic) bond motifs is 2. The summed E-state index contributed by atoms with van der Waals surface area (Å²) >= 11 is 0. The zero-order valence-electron chi connectivity index (χ0n) is 13.1. The zero-order chi connectivity index (χ0) is 14.8. The average Bonchev–Trinajstić information content (AvgIpc) is 2.78. The molecule has 2 saturated heterocycles. The van der Waals surface area contributed by atoms with E-state index in [1.165, 1.54) is 12.8 Å². The van der Waals surface area contributed by atoms with Crippen molar-refractivity contribution in [3.05, 3.63) is 18.2 Å². The van der Waals surface area contributed by atoms with Gasteiger partial charge in [-0.2, -0.15) is 0 Å². The smallest absolute Gasteiger partial charge is 0.163 e. The first-order valence-electron chi connectivity index (χ1n) is 7.90. The molecule has 2 atom stereocenters. The summed E-state index contributed by atoms with van der Waals surface area (Å²) in [5, 5.41) is 3.63. The Bertz CT molecular complexity index is 477. The second-order valence-electron chi connectivity index (χ2n) is 6.30. The van der Waals surface area contributed by atoms with Crippen molar-refractivity contribution < 1.29 is 14.2 Å². The monoisotopic (exact) mass is 291 g/mol. The average molecular weight is 291 g/mol. The second-order valence-corrected chi connectivity index (χ2v) is 6.30. The summed E-state index contributed by atoms with van der Waals surface area (Å²) in [5.41, 5.74) is 1.10. The van der Waals surface area contributed by atoms with Crippen LogP contribution in [0.1, 0.15) is 39.5 Å². The van der Waals surface area contributed by atoms with Gasteiger partial charge in [-0.3, -0.25) is 0 Å². The third-order valence-electron chi connectivity index (χ3n) is 4.19. The molecule has 2 heterocycles. The summed E-state index contributed by atoms with van der Waals surface area (Å²) in [6.45, 7) is 4.05. The molecule has 3 rings (SSSR count). The molecule has 1 N–H and O–H groups in total. The van der Waals surface area contributed by atoms with Gasteiger partial charge in [-0.05, 0) is 51.7 Å². The summed E-state index contributed by atoms with van der Waals surface area (Å²) in [5.74, 6) is 1.58. The van der Waals surface area contributed by atoms with Gasteiger partial charge in [0.25, 0.3) is 0 Å². The first kappa shape index (κ1) is 14.5. The Labute approximate surface area is 126 Å². The van der Waals surface area contributed by atoms with E-state index >= 15 is 0 Å². The van der Waals surface area contributed by atoms with E-state index in [0.29, 0.717) is 18.2 Å². The van der Waals surface area contributed by atoms with Crippen LogP contribution in [0.3, 0.4) is 0 Å². The van der Waals surface area contributed by atoms with Crippen LogP contribution in [0.25, 0.3) is 0 Å². The first-order chi connectivity index (χ1) is 10.1. The normalized spacial score (nSPS) is 27.7. The number of nitrogens with one attached hydrogen (secondary N) is 1. The highest BCUT2D eigenvalue weighted by atomic mass is 16.5. The molecule has 2 unspecified atom stereocenters. The molecule has 0 radical (unpaired) electrons. The summed E-state index contributed by atoms with van der Waals surface area (Å²) < 4.78 is 17.1. The molecule has 2 bridgehead atoms. The predicted molar refractivity (Wildman–Crippen MR) is 83.3 cm³/mol. The molecule has 0 saturated carbocycles. The van der Waals surface area contributed by atoms with Gasteiger partial charge >= 0.3 is 0 Å². The molecule has 4 nitrogen and oxygen atoms in total. The minimum absolute atomic E-state index is 0.132. The van der Waals surface area contributed by atoms with Gasteiger partial charge < -0.3 is 19.5 Å². The summed E-state index contributed by atoms with van der Waals surface area (Å²) in [6.07, 6.45) is 5.66. The van der Waals surface area contributed by atoms with Crippen LogP contribution >= 0.6 is 0 Å². The fourth-order valence-corrected chi connectivity index (χ4v) is 3.32. The van der Waals surface area contributed by atoms with Crippen LogP contribution in [0, 0.1) is 0 Å². The van der Waals surface area contributed by atoms with E-state index in [4.69, 9.17) is 14.2 Å². The number of benzene rings is 1. The molecule has 4 heteroatoms. The van der Waals surface area contributed by atoms with Gasteiger partial charge in [-0.25, -0.2) is 0 Å². The minimum atomic E-state index is 0.132. The lowest BCUT2D eigenvalue weighted by Gasteiger charge is -2.30. The van der Waals surface area contributed by atoms with Crippen molar-refractivity contribution >= 4 is 5.69 Å². The van der Waals surface area contributed by atoms with Gasteiger partial charge in [0.2, 0.25) is 0 Å². The lowest BCUT2D eigenvalue weighted by Crippen LogP contribution is -2.33. The van der Waals surface area contributed by atoms with Crippen LogP contribution in [0.15, 0.2) is 18.2 Å². The van der Waals surface area contributed by atoms with Gasteiger partial charge in [0.15, 0.2) is 11.5 Å². The minimum Gasteiger partial charge on any atom is -0.493 e. The molecule has 0 spiro atoms. The third kappa shape index (κ3) is 3.43. The van der Waals surface area contributed by atoms with Crippen molar-refractivity contribution in [2.45, 2.75) is 63.9 Å². The Kier molecular flexibility index (Phi) is 4.24. The molecule has 2 aliphatic rings. The molecule has 1 aromatic rings. The Hall–Kier alpha value is -1.42. The molecule has 2 aliphatic heterocycles. The number of hydrogen-bond donors (Lipinski definition) is 1. The molecule has 21 heavy (non-hydrogen) atoms. The molecule has 116 valence electrons. The highest BCUT2D eigenvalue weighted by Gasteiger charge is 2.34. The van der Waals surface area contributed by atoms with Gasteiger partial charge in [0, 0.05) is 17.8 Å². The number of methoxy groups -OCH3 is 1. The summed E-state index contributed by atoms with van der Waals surface area (Å²) in [6, 6.07) is 6.56. The molecule has 0 amide bonds. The molecule has 2 fully saturated rings. The summed E-state index contributed by atoms with van der Waals surface area (Å²) in [7, 11) is 1.67. The summed E-state index contributed by atoms with van der Waals surface area (Å²) in [4.78, 5) is 0. The van der Waals surface area contributed by atoms with Crippen molar-refractivity contribution in [1.82, 2.24) is 0 Å². The standard InChI is InChI=1S/C17H25NO3/c1-11(2)20-17-10-12(4-7-16(17)19-3)18-13-8-14-5-6-15(9-13)21-14/h4,7,10-11,13-15,18H,5-6,8-9H2,1-3H3. The van der Waals surface area contributed by atoms with Crippen LogP contribution in [0.5, 0.6) is 11.5 Å². The maximum atomic E-state index is 5.89. The van der Waals surface area contributed by atoms with Gasteiger partial charge in [0.05, 0.1) is 25.4 Å². The van der Waals surface area contributed by atoms with Crippen molar-refractivity contribution in [1.29, 1.82) is 0 Å². The topological polar surface area (TPSA) is 39.7 Å². The Morgan fingerprint density at radius 1 is 1.14 bits per heavy atom. The Morgan fingerprint density at radius 3 is 2.48 bits per heavy atom. The van der Waals surface area contributed by atoms with E-state index in [9.17, 15) is 0 Å². The fourth-order valence-electron chi connectivity index (χ4n) is 3.32. The number of ether oxygens (including phenoxy) is 3. The van der Waals surface area contributed by atoms with E-state index in [-0.39, 0.29) is 6.10 Å². The predicted octanol–water partition coefficient (Wildman–Crippen LogP) is 3.60. The SMILES string of the molecule is COc1ccc(NC2CC3CCC(C2)O3)cc1OC(C)C. The van der Waals surface area contributed by atoms with E-state index < -0.39 is 0 Å². The highest BCUT2D eigenvalue weighted by Crippen LogP contribution is 2.35. The molecule has 1 aromatic carbocycles. The zero-order valence-corrected chi connectivity index (χ0v) is 13.1. The fraction of sp³-hybridized carbons (Fsp3) is 0.647. The van der Waals surface area contributed by atoms with Crippen molar-refractivity contribution in [2.75, 3.05) is 12.4 Å². The maximum absolute atomic E-state index is 5.89. The van der Waals surface area contributed by atoms with Gasteiger partial charge in [-0.1, -0.05) is 0 Å². The number of anilines is 1. The quantitative estimate of drug-likeness (QED) is 0.899. The van der Waals surface area contributed by atoms with Crippen LogP contribution < -0.4 is 14.8 Å².